The van der Waals surface area contributed by atoms with Crippen molar-refractivity contribution in [2.75, 3.05) is 13.7 Å². The van der Waals surface area contributed by atoms with E-state index in [0.717, 1.165) is 6.07 Å². The molecule has 19 heavy (non-hydrogen) atoms. The van der Waals surface area contributed by atoms with E-state index in [1.54, 1.807) is 0 Å². The van der Waals surface area contributed by atoms with Gasteiger partial charge in [-0.1, -0.05) is 11.6 Å². The Morgan fingerprint density at radius 3 is 2.58 bits per heavy atom. The molecule has 0 aromatic heterocycles. The van der Waals surface area contributed by atoms with Gasteiger partial charge < -0.3 is 10.5 Å². The molecular formula is C10H11ClN2O5S. The van der Waals surface area contributed by atoms with Crippen molar-refractivity contribution in [1.82, 2.24) is 4.72 Å². The van der Waals surface area contributed by atoms with Crippen LogP contribution in [0.25, 0.3) is 0 Å². The van der Waals surface area contributed by atoms with Gasteiger partial charge in [-0.2, -0.15) is 0 Å². The van der Waals surface area contributed by atoms with E-state index in [1.807, 2.05) is 0 Å². The van der Waals surface area contributed by atoms with E-state index in [1.165, 1.54) is 19.2 Å². The first-order valence-corrected chi connectivity index (χ1v) is 6.82. The molecule has 104 valence electrons. The maximum atomic E-state index is 11.6. The highest BCUT2D eigenvalue weighted by Gasteiger charge is 2.19. The van der Waals surface area contributed by atoms with Crippen LogP contribution in [0.4, 0.5) is 0 Å². The third-order valence-corrected chi connectivity index (χ3v) is 3.97. The van der Waals surface area contributed by atoms with Gasteiger partial charge in [-0.15, -0.1) is 0 Å². The number of nitrogens with one attached hydrogen (secondary N) is 1. The third kappa shape index (κ3) is 3.91. The number of carbonyl (C=O) groups is 2. The van der Waals surface area contributed by atoms with Gasteiger partial charge in [-0.25, -0.2) is 17.9 Å². The predicted octanol–water partition coefficient (Wildman–Crippen LogP) is -0.110. The molecule has 0 fully saturated rings. The van der Waals surface area contributed by atoms with Crippen LogP contribution in [0.2, 0.25) is 5.02 Å². The monoisotopic (exact) mass is 306 g/mol. The molecule has 0 aliphatic heterocycles. The Kier molecular flexibility index (Phi) is 4.87. The number of amides is 1. The number of hydrogen-bond donors (Lipinski definition) is 2. The smallest absolute Gasteiger partial charge is 0.338 e. The van der Waals surface area contributed by atoms with Crippen LogP contribution < -0.4 is 10.5 Å². The summed E-state index contributed by atoms with van der Waals surface area (Å²) in [4.78, 5) is 21.8. The molecule has 0 radical (unpaired) electrons. The summed E-state index contributed by atoms with van der Waals surface area (Å²) >= 11 is 5.75. The summed E-state index contributed by atoms with van der Waals surface area (Å²) < 4.78 is 29.9. The Balaban J connectivity index is 3.10. The van der Waals surface area contributed by atoms with Gasteiger partial charge in [-0.3, -0.25) is 4.79 Å². The fourth-order valence-corrected chi connectivity index (χ4v) is 2.42. The Morgan fingerprint density at radius 1 is 1.42 bits per heavy atom. The van der Waals surface area contributed by atoms with Gasteiger partial charge in [0.05, 0.1) is 10.6 Å². The molecule has 0 atom stereocenters. The second-order valence-electron chi connectivity index (χ2n) is 3.40. The lowest BCUT2D eigenvalue weighted by Gasteiger charge is -2.07. The van der Waals surface area contributed by atoms with E-state index in [2.05, 4.69) is 9.46 Å². The van der Waals surface area contributed by atoms with Gasteiger partial charge in [0.15, 0.2) is 6.61 Å². The quantitative estimate of drug-likeness (QED) is 0.736. The number of nitrogens with two attached hydrogens (primary N) is 1. The first kappa shape index (κ1) is 15.4. The van der Waals surface area contributed by atoms with Crippen LogP contribution in [0.1, 0.15) is 10.4 Å². The maximum absolute atomic E-state index is 11.6. The lowest BCUT2D eigenvalue weighted by Crippen LogP contribution is -2.22. The molecule has 0 spiro atoms. The highest BCUT2D eigenvalue weighted by molar-refractivity contribution is 7.89. The Labute approximate surface area is 114 Å². The second kappa shape index (κ2) is 6.00. The number of ether oxygens (including phenoxy) is 1. The molecule has 1 aromatic rings. The van der Waals surface area contributed by atoms with Gasteiger partial charge >= 0.3 is 5.97 Å². The highest BCUT2D eigenvalue weighted by Crippen LogP contribution is 2.22. The molecule has 0 unspecified atom stereocenters. The van der Waals surface area contributed by atoms with Crippen molar-refractivity contribution in [1.29, 1.82) is 0 Å². The Morgan fingerprint density at radius 2 is 2.05 bits per heavy atom. The molecule has 0 heterocycles. The first-order valence-electron chi connectivity index (χ1n) is 4.96. The summed E-state index contributed by atoms with van der Waals surface area (Å²) in [6.07, 6.45) is 0. The molecule has 1 amide bonds. The van der Waals surface area contributed by atoms with Crippen molar-refractivity contribution in [2.24, 2.45) is 5.73 Å². The lowest BCUT2D eigenvalue weighted by atomic mass is 10.2. The molecule has 0 aliphatic rings. The molecule has 1 aromatic carbocycles. The van der Waals surface area contributed by atoms with Crippen molar-refractivity contribution in [3.8, 4) is 0 Å². The number of carbonyl (C=O) groups excluding carboxylic acids is 2. The number of benzene rings is 1. The molecule has 3 N–H and O–H groups in total. The minimum absolute atomic E-state index is 0.0409. The van der Waals surface area contributed by atoms with Gasteiger partial charge in [0, 0.05) is 0 Å². The van der Waals surface area contributed by atoms with Crippen LogP contribution in [0, 0.1) is 0 Å². The van der Waals surface area contributed by atoms with E-state index < -0.39 is 28.5 Å². The van der Waals surface area contributed by atoms with E-state index in [4.69, 9.17) is 17.3 Å². The molecule has 0 saturated carbocycles. The summed E-state index contributed by atoms with van der Waals surface area (Å²) in [7, 11) is -2.59. The summed E-state index contributed by atoms with van der Waals surface area (Å²) in [5.74, 6) is -1.69. The molecule has 7 nitrogen and oxygen atoms in total. The van der Waals surface area contributed by atoms with Crippen LogP contribution in [0.15, 0.2) is 23.1 Å². The zero-order valence-electron chi connectivity index (χ0n) is 9.84. The van der Waals surface area contributed by atoms with Crippen LogP contribution in [0.5, 0.6) is 0 Å². The van der Waals surface area contributed by atoms with E-state index in [-0.39, 0.29) is 15.5 Å². The standard InChI is InChI=1S/C10H11ClN2O5S/c1-13-19(16,17)8-4-6(2-3-7(8)11)10(15)18-5-9(12)14/h2-4,13H,5H2,1H3,(H2,12,14). The molecule has 0 saturated heterocycles. The summed E-state index contributed by atoms with van der Waals surface area (Å²) in [6.45, 7) is -0.588. The number of sulfonamides is 1. The van der Waals surface area contributed by atoms with E-state index in [9.17, 15) is 18.0 Å². The lowest BCUT2D eigenvalue weighted by molar-refractivity contribution is -0.121. The third-order valence-electron chi connectivity index (χ3n) is 2.07. The van der Waals surface area contributed by atoms with Gasteiger partial charge in [0.25, 0.3) is 5.91 Å². The molecule has 0 aliphatic carbocycles. The van der Waals surface area contributed by atoms with Crippen LogP contribution in [-0.4, -0.2) is 33.9 Å². The number of hydrogen-bond acceptors (Lipinski definition) is 5. The van der Waals surface area contributed by atoms with Crippen molar-refractivity contribution in [3.05, 3.63) is 28.8 Å². The minimum atomic E-state index is -3.80. The van der Waals surface area contributed by atoms with Gasteiger partial charge in [-0.05, 0) is 25.2 Å². The highest BCUT2D eigenvalue weighted by atomic mass is 35.5. The van der Waals surface area contributed by atoms with Crippen LogP contribution >= 0.6 is 11.6 Å². The van der Waals surface area contributed by atoms with Crippen LogP contribution in [0.3, 0.4) is 0 Å². The topological polar surface area (TPSA) is 116 Å². The summed E-state index contributed by atoms with van der Waals surface area (Å²) in [5, 5.41) is -0.0409. The predicted molar refractivity (Wildman–Crippen MR) is 67.2 cm³/mol. The zero-order chi connectivity index (χ0) is 14.6. The summed E-state index contributed by atoms with van der Waals surface area (Å²) in [6, 6.07) is 3.57. The number of esters is 1. The van der Waals surface area contributed by atoms with Crippen molar-refractivity contribution < 1.29 is 22.7 Å². The fraction of sp³-hybridized carbons (Fsp3) is 0.200. The van der Waals surface area contributed by atoms with Crippen molar-refractivity contribution >= 4 is 33.5 Å². The normalized spacial score (nSPS) is 11.1. The first-order chi connectivity index (χ1) is 8.77. The SMILES string of the molecule is CNS(=O)(=O)c1cc(C(=O)OCC(N)=O)ccc1Cl. The van der Waals surface area contributed by atoms with Gasteiger partial charge in [0.2, 0.25) is 10.0 Å². The number of primary amides is 1. The molecule has 0 bridgehead atoms. The Bertz CT molecular complexity index is 614. The van der Waals surface area contributed by atoms with Crippen molar-refractivity contribution in [3.63, 3.8) is 0 Å². The van der Waals surface area contributed by atoms with Crippen molar-refractivity contribution in [2.45, 2.75) is 4.90 Å². The fourth-order valence-electron chi connectivity index (χ4n) is 1.17. The maximum Gasteiger partial charge on any atom is 0.338 e. The van der Waals surface area contributed by atoms with E-state index in [0.29, 0.717) is 0 Å². The minimum Gasteiger partial charge on any atom is -0.452 e. The average molecular weight is 307 g/mol. The second-order valence-corrected chi connectivity index (χ2v) is 5.66. The zero-order valence-corrected chi connectivity index (χ0v) is 11.4. The Hall–Kier alpha value is -1.64. The number of halogens is 1. The van der Waals surface area contributed by atoms with Gasteiger partial charge in [0.1, 0.15) is 4.90 Å². The number of rotatable bonds is 5. The largest absolute Gasteiger partial charge is 0.452 e. The molecule has 1 rings (SSSR count). The van der Waals surface area contributed by atoms with E-state index >= 15 is 0 Å². The summed E-state index contributed by atoms with van der Waals surface area (Å²) in [5.41, 5.74) is 4.76. The molecule has 9 heteroatoms. The average Bonchev–Trinajstić information content (AvgIpc) is 2.36. The molecular weight excluding hydrogens is 296 g/mol. The van der Waals surface area contributed by atoms with Crippen LogP contribution in [-0.2, 0) is 19.6 Å².